The lowest BCUT2D eigenvalue weighted by Gasteiger charge is -2.03. The first kappa shape index (κ1) is 10.1. The topological polar surface area (TPSA) is 99.8 Å². The Bertz CT molecular complexity index is 551. The Morgan fingerprint density at radius 1 is 1.44 bits per heavy atom. The van der Waals surface area contributed by atoms with E-state index < -0.39 is 11.7 Å². The number of hydrogen-bond acceptors (Lipinski definition) is 4. The van der Waals surface area contributed by atoms with Crippen LogP contribution in [0.3, 0.4) is 0 Å². The van der Waals surface area contributed by atoms with Gasteiger partial charge in [0.15, 0.2) is 0 Å². The summed E-state index contributed by atoms with van der Waals surface area (Å²) in [6.07, 6.45) is 1.28. The van der Waals surface area contributed by atoms with Gasteiger partial charge >= 0.3 is 0 Å². The average molecular weight is 221 g/mol. The van der Waals surface area contributed by atoms with Crippen molar-refractivity contribution in [3.8, 4) is 5.69 Å². The molecule has 0 aliphatic rings. The fraction of sp³-hybridized carbons (Fsp3) is 0. The van der Waals surface area contributed by atoms with E-state index in [0.717, 1.165) is 6.07 Å². The number of carbonyl (C=O) groups is 1. The molecule has 0 radical (unpaired) electrons. The monoisotopic (exact) mass is 221 g/mol. The number of hydrogen-bond donors (Lipinski definition) is 2. The number of carbonyl (C=O) groups excluding carboxylic acids is 1. The molecule has 4 N–H and O–H groups in total. The second-order valence-electron chi connectivity index (χ2n) is 3.08. The Hall–Kier alpha value is -2.44. The van der Waals surface area contributed by atoms with Gasteiger partial charge in [-0.2, -0.15) is 0 Å². The lowest BCUT2D eigenvalue weighted by atomic mass is 10.2. The summed E-state index contributed by atoms with van der Waals surface area (Å²) in [5, 5.41) is 3.74. The van der Waals surface area contributed by atoms with E-state index in [0.29, 0.717) is 0 Å². The molecule has 0 aliphatic heterocycles. The zero-order valence-electron chi connectivity index (χ0n) is 8.09. The first-order valence-electron chi connectivity index (χ1n) is 4.35. The summed E-state index contributed by atoms with van der Waals surface area (Å²) in [5.74, 6) is -1.27. The zero-order valence-corrected chi connectivity index (χ0v) is 8.09. The van der Waals surface area contributed by atoms with Crippen LogP contribution in [0.2, 0.25) is 0 Å². The number of primary amides is 1. The second-order valence-corrected chi connectivity index (χ2v) is 3.08. The third kappa shape index (κ3) is 1.70. The Morgan fingerprint density at radius 2 is 2.19 bits per heavy atom. The molecule has 6 nitrogen and oxygen atoms in total. The Kier molecular flexibility index (Phi) is 2.28. The van der Waals surface area contributed by atoms with Gasteiger partial charge < -0.3 is 11.5 Å². The van der Waals surface area contributed by atoms with Crippen LogP contribution in [0.4, 0.5) is 10.3 Å². The minimum Gasteiger partial charge on any atom is -0.366 e. The molecule has 1 heterocycles. The predicted octanol–water partition coefficient (Wildman–Crippen LogP) is 0.0875. The van der Waals surface area contributed by atoms with Crippen molar-refractivity contribution in [2.24, 2.45) is 5.73 Å². The van der Waals surface area contributed by atoms with Gasteiger partial charge in [-0.15, -0.1) is 5.10 Å². The third-order valence-electron chi connectivity index (χ3n) is 1.99. The molecule has 2 aromatic rings. The molecule has 2 rings (SSSR count). The van der Waals surface area contributed by atoms with E-state index in [2.05, 4.69) is 10.1 Å². The molecule has 1 aromatic carbocycles. The van der Waals surface area contributed by atoms with E-state index in [1.54, 1.807) is 0 Å². The van der Waals surface area contributed by atoms with Gasteiger partial charge in [-0.3, -0.25) is 4.79 Å². The Labute approximate surface area is 89.7 Å². The largest absolute Gasteiger partial charge is 0.366 e. The van der Waals surface area contributed by atoms with Gasteiger partial charge in [-0.25, -0.2) is 14.1 Å². The first-order chi connectivity index (χ1) is 7.58. The summed E-state index contributed by atoms with van der Waals surface area (Å²) < 4.78 is 14.7. The maximum absolute atomic E-state index is 13.6. The van der Waals surface area contributed by atoms with E-state index in [1.165, 1.54) is 23.1 Å². The summed E-state index contributed by atoms with van der Waals surface area (Å²) in [6.45, 7) is 0. The van der Waals surface area contributed by atoms with Crippen LogP contribution >= 0.6 is 0 Å². The standard InChI is InChI=1S/C9H8FN5O/c10-6-3-5(8(11)16)1-2-7(6)15-4-13-9(12)14-15/h1-4H,(H2,11,16)(H2,12,14). The zero-order chi connectivity index (χ0) is 11.7. The molecule has 1 aromatic heterocycles. The van der Waals surface area contributed by atoms with Crippen molar-refractivity contribution in [2.45, 2.75) is 0 Å². The molecule has 0 unspecified atom stereocenters. The lowest BCUT2D eigenvalue weighted by molar-refractivity contribution is 0.1000. The number of nitrogen functional groups attached to an aromatic ring is 1. The molecular weight excluding hydrogens is 213 g/mol. The van der Waals surface area contributed by atoms with Gasteiger partial charge in [-0.1, -0.05) is 0 Å². The maximum atomic E-state index is 13.6. The second kappa shape index (κ2) is 3.61. The molecule has 0 atom stereocenters. The van der Waals surface area contributed by atoms with Crippen LogP contribution in [-0.2, 0) is 0 Å². The molecule has 1 amide bonds. The number of aromatic nitrogens is 3. The van der Waals surface area contributed by atoms with Gasteiger partial charge in [0.1, 0.15) is 17.8 Å². The quantitative estimate of drug-likeness (QED) is 0.750. The highest BCUT2D eigenvalue weighted by Crippen LogP contribution is 2.14. The third-order valence-corrected chi connectivity index (χ3v) is 1.99. The Morgan fingerprint density at radius 3 is 2.69 bits per heavy atom. The SMILES string of the molecule is NC(=O)c1ccc(-n2cnc(N)n2)c(F)c1. The normalized spacial score (nSPS) is 10.3. The highest BCUT2D eigenvalue weighted by Gasteiger charge is 2.09. The number of anilines is 1. The molecule has 0 fully saturated rings. The molecule has 7 heteroatoms. The fourth-order valence-electron chi connectivity index (χ4n) is 1.24. The van der Waals surface area contributed by atoms with E-state index in [-0.39, 0.29) is 17.2 Å². The summed E-state index contributed by atoms with van der Waals surface area (Å²) in [5.41, 5.74) is 10.6. The average Bonchev–Trinajstić information content (AvgIpc) is 2.64. The molecule has 16 heavy (non-hydrogen) atoms. The highest BCUT2D eigenvalue weighted by atomic mass is 19.1. The van der Waals surface area contributed by atoms with Crippen LogP contribution in [0.5, 0.6) is 0 Å². The first-order valence-corrected chi connectivity index (χ1v) is 4.35. The number of halogens is 1. The van der Waals surface area contributed by atoms with Crippen molar-refractivity contribution in [2.75, 3.05) is 5.73 Å². The predicted molar refractivity (Wildman–Crippen MR) is 54.2 cm³/mol. The minimum atomic E-state index is -0.691. The van der Waals surface area contributed by atoms with Gasteiger partial charge in [-0.05, 0) is 18.2 Å². The molecule has 0 aliphatic carbocycles. The van der Waals surface area contributed by atoms with Crippen molar-refractivity contribution in [3.63, 3.8) is 0 Å². The lowest BCUT2D eigenvalue weighted by Crippen LogP contribution is -2.12. The highest BCUT2D eigenvalue weighted by molar-refractivity contribution is 5.92. The van der Waals surface area contributed by atoms with E-state index in [1.807, 2.05) is 0 Å². The Balaban J connectivity index is 2.47. The van der Waals surface area contributed by atoms with Crippen molar-refractivity contribution in [1.29, 1.82) is 0 Å². The van der Waals surface area contributed by atoms with E-state index in [9.17, 15) is 9.18 Å². The van der Waals surface area contributed by atoms with Crippen LogP contribution in [0.1, 0.15) is 10.4 Å². The molecule has 0 saturated heterocycles. The van der Waals surface area contributed by atoms with Gasteiger partial charge in [0.2, 0.25) is 11.9 Å². The summed E-state index contributed by atoms with van der Waals surface area (Å²) in [6, 6.07) is 3.82. The van der Waals surface area contributed by atoms with Crippen molar-refractivity contribution in [1.82, 2.24) is 14.8 Å². The smallest absolute Gasteiger partial charge is 0.248 e. The minimum absolute atomic E-state index is 0.0402. The van der Waals surface area contributed by atoms with Gasteiger partial charge in [0.05, 0.1) is 0 Å². The van der Waals surface area contributed by atoms with Gasteiger partial charge in [0, 0.05) is 5.56 Å². The van der Waals surface area contributed by atoms with Crippen LogP contribution in [0.25, 0.3) is 5.69 Å². The molecule has 0 spiro atoms. The van der Waals surface area contributed by atoms with Crippen molar-refractivity contribution < 1.29 is 9.18 Å². The summed E-state index contributed by atoms with van der Waals surface area (Å²) >= 11 is 0. The van der Waals surface area contributed by atoms with E-state index in [4.69, 9.17) is 11.5 Å². The maximum Gasteiger partial charge on any atom is 0.248 e. The number of nitrogens with zero attached hydrogens (tertiary/aromatic N) is 3. The molecule has 0 bridgehead atoms. The molecule has 0 saturated carbocycles. The number of nitrogens with two attached hydrogens (primary N) is 2. The van der Waals surface area contributed by atoms with Crippen LogP contribution < -0.4 is 11.5 Å². The fourth-order valence-corrected chi connectivity index (χ4v) is 1.24. The molecular formula is C9H8FN5O. The van der Waals surface area contributed by atoms with Crippen LogP contribution in [0.15, 0.2) is 24.5 Å². The van der Waals surface area contributed by atoms with Crippen molar-refractivity contribution in [3.05, 3.63) is 35.9 Å². The van der Waals surface area contributed by atoms with Crippen LogP contribution in [0, 0.1) is 5.82 Å². The summed E-state index contributed by atoms with van der Waals surface area (Å²) in [7, 11) is 0. The van der Waals surface area contributed by atoms with E-state index >= 15 is 0 Å². The number of benzene rings is 1. The number of amides is 1. The van der Waals surface area contributed by atoms with Crippen LogP contribution in [-0.4, -0.2) is 20.7 Å². The number of rotatable bonds is 2. The summed E-state index contributed by atoms with van der Waals surface area (Å²) in [4.78, 5) is 14.5. The van der Waals surface area contributed by atoms with Crippen molar-refractivity contribution >= 4 is 11.9 Å². The van der Waals surface area contributed by atoms with Gasteiger partial charge in [0.25, 0.3) is 0 Å². The molecule has 82 valence electrons.